The fourth-order valence-corrected chi connectivity index (χ4v) is 6.44. The average molecular weight is 587 g/mol. The van der Waals surface area contributed by atoms with E-state index in [2.05, 4.69) is 58.2 Å². The topological polar surface area (TPSA) is 49.0 Å². The standard InChI is InChI=1S/C29H34INO4/c1-32-25-13-20-21(14-26(25)33-2)29(31-23-5-3-4-22(30)28(20)23)19-10-11-24(34-15-17-6-7-17)27(12-19)35-16-18-8-9-18/h10-14,17-18,22-23,31H,3-9,15-16H2,1-2H3. The number of hydrogen-bond donors (Lipinski definition) is 1. The summed E-state index contributed by atoms with van der Waals surface area (Å²) in [5.41, 5.74) is 3.73. The number of alkyl halides is 1. The molecule has 4 aliphatic rings. The zero-order valence-electron chi connectivity index (χ0n) is 20.6. The molecule has 35 heavy (non-hydrogen) atoms. The highest BCUT2D eigenvalue weighted by atomic mass is 127. The number of nitrogens with one attached hydrogen (secondary N) is 1. The van der Waals surface area contributed by atoms with Crippen molar-refractivity contribution in [1.29, 1.82) is 0 Å². The quantitative estimate of drug-likeness (QED) is 0.345. The van der Waals surface area contributed by atoms with Crippen molar-refractivity contribution in [2.75, 3.05) is 27.4 Å². The lowest BCUT2D eigenvalue weighted by Gasteiger charge is -2.35. The molecule has 6 heteroatoms. The zero-order valence-corrected chi connectivity index (χ0v) is 22.7. The monoisotopic (exact) mass is 587 g/mol. The largest absolute Gasteiger partial charge is 0.493 e. The van der Waals surface area contributed by atoms with E-state index in [0.717, 1.165) is 59.1 Å². The van der Waals surface area contributed by atoms with Gasteiger partial charge in [0.15, 0.2) is 23.0 Å². The second-order valence-electron chi connectivity index (χ2n) is 10.3. The van der Waals surface area contributed by atoms with Crippen molar-refractivity contribution in [3.05, 3.63) is 46.3 Å². The first-order valence-electron chi connectivity index (χ1n) is 13.0. The van der Waals surface area contributed by atoms with Gasteiger partial charge in [-0.2, -0.15) is 0 Å². The predicted molar refractivity (Wildman–Crippen MR) is 146 cm³/mol. The molecular weight excluding hydrogens is 553 g/mol. The van der Waals surface area contributed by atoms with Gasteiger partial charge < -0.3 is 24.3 Å². The fraction of sp³-hybridized carbons (Fsp3) is 0.517. The lowest BCUT2D eigenvalue weighted by Crippen LogP contribution is -2.49. The second kappa shape index (κ2) is 9.75. The summed E-state index contributed by atoms with van der Waals surface area (Å²) < 4.78 is 24.4. The van der Waals surface area contributed by atoms with E-state index in [1.807, 2.05) is 0 Å². The first-order valence-corrected chi connectivity index (χ1v) is 14.2. The Balaban J connectivity index is 1.48. The highest BCUT2D eigenvalue weighted by Gasteiger charge is 2.31. The van der Waals surface area contributed by atoms with Gasteiger partial charge in [-0.15, -0.1) is 0 Å². The van der Waals surface area contributed by atoms with Crippen molar-refractivity contribution >= 4 is 33.9 Å². The number of benzene rings is 2. The van der Waals surface area contributed by atoms with Crippen LogP contribution in [0.2, 0.25) is 0 Å². The summed E-state index contributed by atoms with van der Waals surface area (Å²) in [6, 6.07) is 11.1. The third-order valence-corrected chi connectivity index (χ3v) is 8.95. The molecule has 2 aromatic carbocycles. The summed E-state index contributed by atoms with van der Waals surface area (Å²) in [5, 5.41) is 6.35. The lowest BCUT2D eigenvalue weighted by molar-refractivity contribution is 0.253. The van der Waals surface area contributed by atoms with Crippen LogP contribution in [0.5, 0.6) is 23.0 Å². The van der Waals surface area contributed by atoms with Crippen molar-refractivity contribution < 1.29 is 18.9 Å². The molecule has 2 unspecified atom stereocenters. The normalized spacial score (nSPS) is 23.2. The molecule has 1 heterocycles. The molecule has 0 spiro atoms. The van der Waals surface area contributed by atoms with Crippen LogP contribution in [0.1, 0.15) is 50.5 Å². The molecule has 3 aliphatic carbocycles. The maximum absolute atomic E-state index is 6.32. The van der Waals surface area contributed by atoms with Crippen LogP contribution in [0, 0.1) is 11.8 Å². The first kappa shape index (κ1) is 23.3. The molecule has 6 rings (SSSR count). The Labute approximate surface area is 221 Å². The number of ether oxygens (including phenoxy) is 4. The highest BCUT2D eigenvalue weighted by Crippen LogP contribution is 2.38. The van der Waals surface area contributed by atoms with Gasteiger partial charge in [-0.25, -0.2) is 0 Å². The predicted octanol–water partition coefficient (Wildman–Crippen LogP) is 4.55. The number of fused-ring (bicyclic) bond motifs is 2. The molecule has 1 aliphatic heterocycles. The van der Waals surface area contributed by atoms with Gasteiger partial charge in [-0.05, 0) is 97.9 Å². The van der Waals surface area contributed by atoms with E-state index in [4.69, 9.17) is 18.9 Å². The van der Waals surface area contributed by atoms with Crippen molar-refractivity contribution in [1.82, 2.24) is 5.32 Å². The Morgan fingerprint density at radius 1 is 0.771 bits per heavy atom. The highest BCUT2D eigenvalue weighted by molar-refractivity contribution is 14.1. The van der Waals surface area contributed by atoms with Crippen LogP contribution < -0.4 is 34.7 Å². The van der Waals surface area contributed by atoms with Crippen molar-refractivity contribution in [2.45, 2.75) is 54.9 Å². The smallest absolute Gasteiger partial charge is 0.161 e. The molecule has 5 nitrogen and oxygen atoms in total. The van der Waals surface area contributed by atoms with Crippen molar-refractivity contribution in [3.8, 4) is 23.0 Å². The Kier molecular flexibility index (Phi) is 6.50. The third kappa shape index (κ3) is 4.83. The molecule has 186 valence electrons. The number of hydrogen-bond acceptors (Lipinski definition) is 5. The fourth-order valence-electron chi connectivity index (χ4n) is 5.23. The van der Waals surface area contributed by atoms with Gasteiger partial charge in [0.2, 0.25) is 0 Å². The molecule has 0 aromatic heterocycles. The molecular formula is C29H34INO4. The third-order valence-electron chi connectivity index (χ3n) is 7.66. The van der Waals surface area contributed by atoms with Crippen LogP contribution in [0.25, 0.3) is 11.3 Å². The van der Waals surface area contributed by atoms with E-state index < -0.39 is 0 Å². The summed E-state index contributed by atoms with van der Waals surface area (Å²) >= 11 is 2.61. The van der Waals surface area contributed by atoms with E-state index in [9.17, 15) is 0 Å². The van der Waals surface area contributed by atoms with Crippen LogP contribution in [-0.4, -0.2) is 37.4 Å². The molecule has 3 fully saturated rings. The Morgan fingerprint density at radius 2 is 1.43 bits per heavy atom. The summed E-state index contributed by atoms with van der Waals surface area (Å²) in [5.74, 6) is 4.65. The van der Waals surface area contributed by atoms with Gasteiger partial charge >= 0.3 is 0 Å². The maximum Gasteiger partial charge on any atom is 0.161 e. The van der Waals surface area contributed by atoms with E-state index in [1.165, 1.54) is 49.3 Å². The van der Waals surface area contributed by atoms with Gasteiger partial charge in [-0.3, -0.25) is 0 Å². The minimum atomic E-state index is 0.327. The van der Waals surface area contributed by atoms with E-state index >= 15 is 0 Å². The van der Waals surface area contributed by atoms with E-state index in [0.29, 0.717) is 21.8 Å². The number of methoxy groups -OCH3 is 2. The van der Waals surface area contributed by atoms with Crippen molar-refractivity contribution in [2.24, 2.45) is 11.8 Å². The van der Waals surface area contributed by atoms with Crippen molar-refractivity contribution in [3.63, 3.8) is 0 Å². The molecule has 2 aromatic rings. The summed E-state index contributed by atoms with van der Waals surface area (Å²) in [6.45, 7) is 1.55. The Morgan fingerprint density at radius 3 is 2.09 bits per heavy atom. The first-order chi connectivity index (χ1) is 17.1. The molecule has 0 bridgehead atoms. The minimum Gasteiger partial charge on any atom is -0.493 e. The summed E-state index contributed by atoms with van der Waals surface area (Å²) in [4.78, 5) is 0. The van der Waals surface area contributed by atoms with E-state index in [1.54, 1.807) is 14.2 Å². The lowest BCUT2D eigenvalue weighted by atomic mass is 9.84. The van der Waals surface area contributed by atoms with Gasteiger partial charge in [0, 0.05) is 20.7 Å². The van der Waals surface area contributed by atoms with E-state index in [-0.39, 0.29) is 0 Å². The summed E-state index contributed by atoms with van der Waals surface area (Å²) in [6.07, 6.45) is 8.67. The molecule has 2 atom stereocenters. The summed E-state index contributed by atoms with van der Waals surface area (Å²) in [7, 11) is 3.41. The number of halogens is 1. The second-order valence-corrected chi connectivity index (χ2v) is 11.9. The average Bonchev–Trinajstić information content (AvgIpc) is 3.80. The maximum atomic E-state index is 6.32. The Bertz CT molecular complexity index is 1230. The zero-order chi connectivity index (χ0) is 23.9. The van der Waals surface area contributed by atoms with Gasteiger partial charge in [0.05, 0.1) is 33.1 Å². The minimum absolute atomic E-state index is 0.327. The molecule has 3 saturated carbocycles. The molecule has 1 N–H and O–H groups in total. The van der Waals surface area contributed by atoms with Crippen LogP contribution in [0.15, 0.2) is 30.3 Å². The van der Waals surface area contributed by atoms with Crippen LogP contribution in [-0.2, 0) is 0 Å². The van der Waals surface area contributed by atoms with Gasteiger partial charge in [-0.1, -0.05) is 22.6 Å². The Hall–Kier alpha value is -2.09. The molecule has 0 radical (unpaired) electrons. The van der Waals surface area contributed by atoms with Crippen LogP contribution in [0.4, 0.5) is 0 Å². The molecule has 0 amide bonds. The molecule has 0 saturated heterocycles. The van der Waals surface area contributed by atoms with Gasteiger partial charge in [0.1, 0.15) is 0 Å². The van der Waals surface area contributed by atoms with Gasteiger partial charge in [0.25, 0.3) is 0 Å². The SMILES string of the molecule is COc1cc2c(cc1OC)=C1C(I)CCCC1NC=2c1ccc(OCC2CC2)c(OCC2CC2)c1. The van der Waals surface area contributed by atoms with Crippen LogP contribution in [0.3, 0.4) is 0 Å². The number of rotatable bonds is 9. The van der Waals surface area contributed by atoms with Crippen LogP contribution >= 0.6 is 22.6 Å².